The molecule has 98 valence electrons. The van der Waals surface area contributed by atoms with Crippen molar-refractivity contribution >= 4 is 5.91 Å². The van der Waals surface area contributed by atoms with Crippen LogP contribution < -0.4 is 0 Å². The van der Waals surface area contributed by atoms with Crippen LogP contribution in [0, 0.1) is 12.7 Å². The third kappa shape index (κ3) is 2.68. The molecule has 18 heavy (non-hydrogen) atoms. The van der Waals surface area contributed by atoms with Crippen LogP contribution in [-0.2, 0) is 4.74 Å². The zero-order valence-electron chi connectivity index (χ0n) is 10.2. The number of hydrogen-bond donors (Lipinski definition) is 1. The summed E-state index contributed by atoms with van der Waals surface area (Å²) in [6, 6.07) is 4.47. The average molecular weight is 253 g/mol. The highest BCUT2D eigenvalue weighted by Gasteiger charge is 2.26. The van der Waals surface area contributed by atoms with Crippen LogP contribution in [0.2, 0.25) is 0 Å². The molecule has 1 atom stereocenters. The second-order valence-electron chi connectivity index (χ2n) is 4.41. The number of aryl methyl sites for hydroxylation is 1. The third-order valence-electron chi connectivity index (χ3n) is 2.98. The molecule has 2 rings (SSSR count). The number of halogens is 1. The van der Waals surface area contributed by atoms with Crippen molar-refractivity contribution in [3.63, 3.8) is 0 Å². The van der Waals surface area contributed by atoms with Crippen molar-refractivity contribution < 1.29 is 19.0 Å². The molecule has 1 fully saturated rings. The summed E-state index contributed by atoms with van der Waals surface area (Å²) in [6.07, 6.45) is -0.379. The van der Waals surface area contributed by atoms with E-state index in [9.17, 15) is 9.18 Å². The number of aliphatic hydroxyl groups is 1. The lowest BCUT2D eigenvalue weighted by atomic mass is 10.1. The van der Waals surface area contributed by atoms with Gasteiger partial charge < -0.3 is 14.7 Å². The zero-order valence-corrected chi connectivity index (χ0v) is 10.2. The summed E-state index contributed by atoms with van der Waals surface area (Å²) in [5.74, 6) is -0.865. The minimum absolute atomic E-state index is 0.0774. The Hall–Kier alpha value is -1.46. The number of morpholine rings is 1. The molecule has 1 saturated heterocycles. The monoisotopic (exact) mass is 253 g/mol. The van der Waals surface area contributed by atoms with E-state index in [4.69, 9.17) is 9.84 Å². The molecule has 0 saturated carbocycles. The molecule has 1 unspecified atom stereocenters. The molecule has 1 aliphatic heterocycles. The Balaban J connectivity index is 2.17. The number of aliphatic hydroxyl groups excluding tert-OH is 1. The van der Waals surface area contributed by atoms with Crippen molar-refractivity contribution in [1.29, 1.82) is 0 Å². The van der Waals surface area contributed by atoms with E-state index >= 15 is 0 Å². The van der Waals surface area contributed by atoms with Gasteiger partial charge in [0, 0.05) is 13.1 Å². The van der Waals surface area contributed by atoms with Gasteiger partial charge in [-0.15, -0.1) is 0 Å². The topological polar surface area (TPSA) is 49.8 Å². The van der Waals surface area contributed by atoms with Gasteiger partial charge in [-0.05, 0) is 19.1 Å². The van der Waals surface area contributed by atoms with Gasteiger partial charge in [0.1, 0.15) is 5.82 Å². The quantitative estimate of drug-likeness (QED) is 0.854. The maximum atomic E-state index is 13.6. The zero-order chi connectivity index (χ0) is 13.1. The van der Waals surface area contributed by atoms with Crippen LogP contribution in [0.1, 0.15) is 15.9 Å². The average Bonchev–Trinajstić information content (AvgIpc) is 2.41. The van der Waals surface area contributed by atoms with Crippen LogP contribution in [0.15, 0.2) is 18.2 Å². The second kappa shape index (κ2) is 5.46. The van der Waals surface area contributed by atoms with Crippen LogP contribution >= 0.6 is 0 Å². The molecule has 0 bridgehead atoms. The van der Waals surface area contributed by atoms with Crippen molar-refractivity contribution in [3.8, 4) is 0 Å². The Morgan fingerprint density at radius 3 is 3.11 bits per heavy atom. The maximum absolute atomic E-state index is 13.6. The summed E-state index contributed by atoms with van der Waals surface area (Å²) >= 11 is 0. The number of hydrogen-bond acceptors (Lipinski definition) is 3. The smallest absolute Gasteiger partial charge is 0.257 e. The SMILES string of the molecule is Cc1ccc(F)c(C(=O)N2CCOC(CO)C2)c1. The molecule has 1 amide bonds. The molecule has 1 aromatic carbocycles. The second-order valence-corrected chi connectivity index (χ2v) is 4.41. The first-order valence-corrected chi connectivity index (χ1v) is 5.89. The summed E-state index contributed by atoms with van der Waals surface area (Å²) in [6.45, 7) is 2.75. The van der Waals surface area contributed by atoms with Crippen LogP contribution in [0.5, 0.6) is 0 Å². The minimum atomic E-state index is -0.516. The van der Waals surface area contributed by atoms with Gasteiger partial charge in [-0.1, -0.05) is 11.6 Å². The third-order valence-corrected chi connectivity index (χ3v) is 2.98. The molecule has 0 aromatic heterocycles. The van der Waals surface area contributed by atoms with Crippen molar-refractivity contribution in [1.82, 2.24) is 4.90 Å². The molecule has 5 heteroatoms. The standard InChI is InChI=1S/C13H16FNO3/c1-9-2-3-12(14)11(6-9)13(17)15-4-5-18-10(7-15)8-16/h2-3,6,10,16H,4-5,7-8H2,1H3. The Labute approximate surface area is 105 Å². The molecule has 0 aliphatic carbocycles. The Bertz CT molecular complexity index is 450. The number of carbonyl (C=O) groups excluding carboxylic acids is 1. The van der Waals surface area contributed by atoms with Gasteiger partial charge in [-0.25, -0.2) is 4.39 Å². The fourth-order valence-corrected chi connectivity index (χ4v) is 1.99. The summed E-state index contributed by atoms with van der Waals surface area (Å²) < 4.78 is 18.9. The largest absolute Gasteiger partial charge is 0.394 e. The summed E-state index contributed by atoms with van der Waals surface area (Å²) in [4.78, 5) is 13.7. The highest BCUT2D eigenvalue weighted by molar-refractivity contribution is 5.94. The molecule has 1 N–H and O–H groups in total. The van der Waals surface area contributed by atoms with E-state index in [1.807, 2.05) is 6.92 Å². The fourth-order valence-electron chi connectivity index (χ4n) is 1.99. The predicted octanol–water partition coefficient (Wildman–Crippen LogP) is 0.967. The number of ether oxygens (including phenoxy) is 1. The Morgan fingerprint density at radius 2 is 2.39 bits per heavy atom. The number of carbonyl (C=O) groups is 1. The van der Waals surface area contributed by atoms with E-state index in [2.05, 4.69) is 0 Å². The maximum Gasteiger partial charge on any atom is 0.257 e. The first-order chi connectivity index (χ1) is 8.61. The van der Waals surface area contributed by atoms with Crippen molar-refractivity contribution in [2.75, 3.05) is 26.3 Å². The van der Waals surface area contributed by atoms with Gasteiger partial charge in [0.25, 0.3) is 5.91 Å². The van der Waals surface area contributed by atoms with Gasteiger partial charge in [0.15, 0.2) is 0 Å². The van der Waals surface area contributed by atoms with Crippen molar-refractivity contribution in [2.45, 2.75) is 13.0 Å². The van der Waals surface area contributed by atoms with Crippen molar-refractivity contribution in [2.24, 2.45) is 0 Å². The van der Waals surface area contributed by atoms with E-state index in [1.165, 1.54) is 11.0 Å². The molecule has 0 radical (unpaired) electrons. The van der Waals surface area contributed by atoms with Crippen LogP contribution in [0.4, 0.5) is 4.39 Å². The van der Waals surface area contributed by atoms with Gasteiger partial charge in [0.2, 0.25) is 0 Å². The van der Waals surface area contributed by atoms with E-state index in [0.717, 1.165) is 5.56 Å². The van der Waals surface area contributed by atoms with Crippen LogP contribution in [-0.4, -0.2) is 48.3 Å². The normalized spacial score (nSPS) is 19.9. The van der Waals surface area contributed by atoms with E-state index in [1.54, 1.807) is 12.1 Å². The van der Waals surface area contributed by atoms with Gasteiger partial charge in [-0.2, -0.15) is 0 Å². The van der Waals surface area contributed by atoms with Gasteiger partial charge in [0.05, 0.1) is 24.9 Å². The summed E-state index contributed by atoms with van der Waals surface area (Å²) in [7, 11) is 0. The lowest BCUT2D eigenvalue weighted by Gasteiger charge is -2.32. The number of benzene rings is 1. The Kier molecular flexibility index (Phi) is 3.93. The molecule has 0 spiro atoms. The number of rotatable bonds is 2. The van der Waals surface area contributed by atoms with Gasteiger partial charge >= 0.3 is 0 Å². The van der Waals surface area contributed by atoms with E-state index < -0.39 is 5.82 Å². The highest BCUT2D eigenvalue weighted by Crippen LogP contribution is 2.15. The number of amides is 1. The van der Waals surface area contributed by atoms with Crippen LogP contribution in [0.3, 0.4) is 0 Å². The molecular weight excluding hydrogens is 237 g/mol. The molecule has 4 nitrogen and oxygen atoms in total. The van der Waals surface area contributed by atoms with E-state index in [0.29, 0.717) is 19.7 Å². The van der Waals surface area contributed by atoms with Crippen molar-refractivity contribution in [3.05, 3.63) is 35.1 Å². The van der Waals surface area contributed by atoms with E-state index in [-0.39, 0.29) is 24.2 Å². The minimum Gasteiger partial charge on any atom is -0.394 e. The lowest BCUT2D eigenvalue weighted by Crippen LogP contribution is -2.47. The first-order valence-electron chi connectivity index (χ1n) is 5.89. The molecule has 1 aromatic rings. The van der Waals surface area contributed by atoms with Crippen LogP contribution in [0.25, 0.3) is 0 Å². The molecular formula is C13H16FNO3. The molecule has 1 aliphatic rings. The number of nitrogens with zero attached hydrogens (tertiary/aromatic N) is 1. The summed E-state index contributed by atoms with van der Waals surface area (Å²) in [5, 5.41) is 9.02. The highest BCUT2D eigenvalue weighted by atomic mass is 19.1. The Morgan fingerprint density at radius 1 is 1.61 bits per heavy atom. The predicted molar refractivity (Wildman–Crippen MR) is 63.9 cm³/mol. The summed E-state index contributed by atoms with van der Waals surface area (Å²) in [5.41, 5.74) is 0.917. The lowest BCUT2D eigenvalue weighted by molar-refractivity contribution is -0.0448. The van der Waals surface area contributed by atoms with Gasteiger partial charge in [-0.3, -0.25) is 4.79 Å². The first kappa shape index (κ1) is 13.0. The molecule has 1 heterocycles. The fraction of sp³-hybridized carbons (Fsp3) is 0.462.